The van der Waals surface area contributed by atoms with Crippen LogP contribution in [0.4, 0.5) is 11.5 Å². The van der Waals surface area contributed by atoms with Crippen molar-refractivity contribution in [2.45, 2.75) is 32.5 Å². The molecule has 142 valence electrons. The van der Waals surface area contributed by atoms with E-state index in [2.05, 4.69) is 15.3 Å². The Morgan fingerprint density at radius 1 is 1.11 bits per heavy atom. The van der Waals surface area contributed by atoms with Gasteiger partial charge < -0.3 is 19.7 Å². The number of nitrogens with one attached hydrogen (secondary N) is 1. The third kappa shape index (κ3) is 3.79. The van der Waals surface area contributed by atoms with Crippen LogP contribution in [0.15, 0.2) is 30.3 Å². The summed E-state index contributed by atoms with van der Waals surface area (Å²) in [6.45, 7) is 6.29. The molecule has 1 aromatic carbocycles. The topological polar surface area (TPSA) is 76.6 Å². The predicted molar refractivity (Wildman–Crippen MR) is 101 cm³/mol. The second-order valence-electron chi connectivity index (χ2n) is 7.03. The van der Waals surface area contributed by atoms with Crippen LogP contribution >= 0.6 is 0 Å². The Morgan fingerprint density at radius 2 is 1.81 bits per heavy atom. The summed E-state index contributed by atoms with van der Waals surface area (Å²) in [5, 5.41) is 3.29. The number of hydrogen-bond donors (Lipinski definition) is 1. The number of amides is 1. The van der Waals surface area contributed by atoms with Crippen molar-refractivity contribution in [1.82, 2.24) is 14.9 Å². The number of para-hydroxylation sites is 1. The van der Waals surface area contributed by atoms with E-state index in [9.17, 15) is 4.79 Å². The van der Waals surface area contributed by atoms with E-state index >= 15 is 0 Å². The molecule has 2 aliphatic rings. The van der Waals surface area contributed by atoms with Crippen LogP contribution in [0.25, 0.3) is 0 Å². The van der Waals surface area contributed by atoms with E-state index in [-0.39, 0.29) is 5.91 Å². The first-order chi connectivity index (χ1) is 13.0. The van der Waals surface area contributed by atoms with Crippen molar-refractivity contribution in [2.75, 3.05) is 31.6 Å². The van der Waals surface area contributed by atoms with Crippen molar-refractivity contribution < 1.29 is 14.3 Å². The first-order valence-electron chi connectivity index (χ1n) is 9.30. The van der Waals surface area contributed by atoms with Gasteiger partial charge in [-0.2, -0.15) is 0 Å². The Hall–Kier alpha value is -2.51. The van der Waals surface area contributed by atoms with Crippen molar-refractivity contribution >= 4 is 17.4 Å². The number of anilines is 2. The SMILES string of the molecule is Cc1nc(Nc2ccccc2C)cc(C(=O)N2CCC3(CC2)OCCO3)n1. The Balaban J connectivity index is 1.49. The fraction of sp³-hybridized carbons (Fsp3) is 0.450. The fourth-order valence-corrected chi connectivity index (χ4v) is 3.59. The molecule has 2 aliphatic heterocycles. The Labute approximate surface area is 158 Å². The monoisotopic (exact) mass is 368 g/mol. The van der Waals surface area contributed by atoms with Crippen LogP contribution in [0, 0.1) is 13.8 Å². The molecule has 0 bridgehead atoms. The molecule has 27 heavy (non-hydrogen) atoms. The molecule has 2 fully saturated rings. The van der Waals surface area contributed by atoms with Gasteiger partial charge in [-0.3, -0.25) is 4.79 Å². The lowest BCUT2D eigenvalue weighted by Gasteiger charge is -2.37. The number of rotatable bonds is 3. The minimum atomic E-state index is -0.490. The van der Waals surface area contributed by atoms with Gasteiger partial charge in [-0.25, -0.2) is 9.97 Å². The smallest absolute Gasteiger partial charge is 0.272 e. The summed E-state index contributed by atoms with van der Waals surface area (Å²) < 4.78 is 11.5. The number of aromatic nitrogens is 2. The minimum Gasteiger partial charge on any atom is -0.347 e. The summed E-state index contributed by atoms with van der Waals surface area (Å²) >= 11 is 0. The van der Waals surface area contributed by atoms with Gasteiger partial charge in [0.15, 0.2) is 5.79 Å². The van der Waals surface area contributed by atoms with Crippen LogP contribution in [0.3, 0.4) is 0 Å². The molecule has 0 saturated carbocycles. The van der Waals surface area contributed by atoms with Crippen LogP contribution in [-0.2, 0) is 9.47 Å². The van der Waals surface area contributed by atoms with Crippen molar-refractivity contribution in [2.24, 2.45) is 0 Å². The van der Waals surface area contributed by atoms with Gasteiger partial charge in [0.05, 0.1) is 13.2 Å². The largest absolute Gasteiger partial charge is 0.347 e. The molecular weight excluding hydrogens is 344 g/mol. The first-order valence-corrected chi connectivity index (χ1v) is 9.30. The molecule has 2 aromatic rings. The molecule has 0 radical (unpaired) electrons. The average Bonchev–Trinajstić information content (AvgIpc) is 3.11. The molecule has 1 aromatic heterocycles. The zero-order chi connectivity index (χ0) is 18.9. The predicted octanol–water partition coefficient (Wildman–Crippen LogP) is 2.82. The highest BCUT2D eigenvalue weighted by Gasteiger charge is 2.41. The number of likely N-dealkylation sites (tertiary alicyclic amines) is 1. The molecule has 3 heterocycles. The number of ether oxygens (including phenoxy) is 2. The number of carbonyl (C=O) groups excluding carboxylic acids is 1. The van der Waals surface area contributed by atoms with Crippen LogP contribution in [0.2, 0.25) is 0 Å². The summed E-state index contributed by atoms with van der Waals surface area (Å²) in [4.78, 5) is 23.5. The molecule has 1 amide bonds. The highest BCUT2D eigenvalue weighted by molar-refractivity contribution is 5.93. The second-order valence-corrected chi connectivity index (χ2v) is 7.03. The summed E-state index contributed by atoms with van der Waals surface area (Å²) in [5.74, 6) is 0.612. The zero-order valence-corrected chi connectivity index (χ0v) is 15.7. The zero-order valence-electron chi connectivity index (χ0n) is 15.7. The summed E-state index contributed by atoms with van der Waals surface area (Å²) in [6.07, 6.45) is 1.38. The standard InChI is InChI=1S/C20H24N4O3/c1-14-5-3-4-6-16(14)23-18-13-17(21-15(2)22-18)19(25)24-9-7-20(8-10-24)26-11-12-27-20/h3-6,13H,7-12H2,1-2H3,(H,21,22,23). The van der Waals surface area contributed by atoms with Gasteiger partial charge in [0.2, 0.25) is 0 Å². The van der Waals surface area contributed by atoms with Crippen LogP contribution in [0.1, 0.15) is 34.7 Å². The van der Waals surface area contributed by atoms with Crippen molar-refractivity contribution in [1.29, 1.82) is 0 Å². The lowest BCUT2D eigenvalue weighted by molar-refractivity contribution is -0.181. The highest BCUT2D eigenvalue weighted by Crippen LogP contribution is 2.31. The maximum Gasteiger partial charge on any atom is 0.272 e. The van der Waals surface area contributed by atoms with Gasteiger partial charge in [0, 0.05) is 37.7 Å². The van der Waals surface area contributed by atoms with E-state index in [1.165, 1.54) is 0 Å². The number of hydrogen-bond acceptors (Lipinski definition) is 6. The lowest BCUT2D eigenvalue weighted by Crippen LogP contribution is -2.47. The van der Waals surface area contributed by atoms with Crippen LogP contribution in [-0.4, -0.2) is 52.9 Å². The Morgan fingerprint density at radius 3 is 2.52 bits per heavy atom. The summed E-state index contributed by atoms with van der Waals surface area (Å²) in [5.41, 5.74) is 2.48. The molecule has 0 unspecified atom stereocenters. The summed E-state index contributed by atoms with van der Waals surface area (Å²) in [7, 11) is 0. The summed E-state index contributed by atoms with van der Waals surface area (Å²) in [6, 6.07) is 9.68. The molecule has 0 aliphatic carbocycles. The minimum absolute atomic E-state index is 0.0822. The van der Waals surface area contributed by atoms with Gasteiger partial charge in [-0.15, -0.1) is 0 Å². The molecule has 4 rings (SSSR count). The molecule has 7 heteroatoms. The first kappa shape index (κ1) is 17.9. The van der Waals surface area contributed by atoms with Gasteiger partial charge in [0.1, 0.15) is 17.3 Å². The van der Waals surface area contributed by atoms with Gasteiger partial charge >= 0.3 is 0 Å². The van der Waals surface area contributed by atoms with Crippen molar-refractivity contribution in [3.63, 3.8) is 0 Å². The Kier molecular flexibility index (Phi) is 4.80. The number of benzene rings is 1. The van der Waals surface area contributed by atoms with Crippen molar-refractivity contribution in [3.05, 3.63) is 47.4 Å². The van der Waals surface area contributed by atoms with E-state index in [1.54, 1.807) is 13.0 Å². The number of piperidine rings is 1. The van der Waals surface area contributed by atoms with Gasteiger partial charge in [0.25, 0.3) is 5.91 Å². The normalized spacial score (nSPS) is 18.7. The molecule has 0 atom stereocenters. The highest BCUT2D eigenvalue weighted by atomic mass is 16.7. The fourth-order valence-electron chi connectivity index (χ4n) is 3.59. The van der Waals surface area contributed by atoms with E-state index in [0.29, 0.717) is 56.5 Å². The Bertz CT molecular complexity index is 839. The van der Waals surface area contributed by atoms with E-state index in [0.717, 1.165) is 11.3 Å². The van der Waals surface area contributed by atoms with Crippen LogP contribution < -0.4 is 5.32 Å². The number of carbonyl (C=O) groups is 1. The third-order valence-corrected chi connectivity index (χ3v) is 5.09. The van der Waals surface area contributed by atoms with Crippen LogP contribution in [0.5, 0.6) is 0 Å². The quantitative estimate of drug-likeness (QED) is 0.898. The molecule has 1 N–H and O–H groups in total. The molecule has 7 nitrogen and oxygen atoms in total. The van der Waals surface area contributed by atoms with E-state index < -0.39 is 5.79 Å². The lowest BCUT2D eigenvalue weighted by atomic mass is 10.0. The molecular formula is C20H24N4O3. The maximum atomic E-state index is 13.0. The third-order valence-electron chi connectivity index (χ3n) is 5.09. The number of aryl methyl sites for hydroxylation is 2. The van der Waals surface area contributed by atoms with Gasteiger partial charge in [-0.05, 0) is 25.5 Å². The second kappa shape index (κ2) is 7.25. The number of nitrogens with zero attached hydrogens (tertiary/aromatic N) is 3. The van der Waals surface area contributed by atoms with E-state index in [4.69, 9.17) is 9.47 Å². The van der Waals surface area contributed by atoms with Crippen molar-refractivity contribution in [3.8, 4) is 0 Å². The maximum absolute atomic E-state index is 13.0. The average molecular weight is 368 g/mol. The molecule has 2 saturated heterocycles. The molecule has 1 spiro atoms. The van der Waals surface area contributed by atoms with Gasteiger partial charge in [-0.1, -0.05) is 18.2 Å². The van der Waals surface area contributed by atoms with E-state index in [1.807, 2.05) is 36.1 Å².